The Bertz CT molecular complexity index is 498. The van der Waals surface area contributed by atoms with Crippen molar-refractivity contribution in [1.29, 1.82) is 0 Å². The molecule has 1 N–H and O–H groups in total. The number of carbonyl (C=O) groups is 2. The molecule has 0 spiro atoms. The summed E-state index contributed by atoms with van der Waals surface area (Å²) in [7, 11) is 0. The fourth-order valence-electron chi connectivity index (χ4n) is 1.71. The number of rotatable bonds is 4. The lowest BCUT2D eigenvalue weighted by atomic mass is 9.92. The van der Waals surface area contributed by atoms with E-state index < -0.39 is 23.2 Å². The maximum absolute atomic E-state index is 12.2. The number of benzene rings is 1. The Labute approximate surface area is 129 Å². The van der Waals surface area contributed by atoms with Crippen molar-refractivity contribution in [1.82, 2.24) is 5.32 Å². The summed E-state index contributed by atoms with van der Waals surface area (Å²) in [6.07, 6.45) is -0.708. The van der Waals surface area contributed by atoms with Crippen molar-refractivity contribution in [3.8, 4) is 0 Å². The van der Waals surface area contributed by atoms with E-state index in [-0.39, 0.29) is 6.07 Å². The number of hydrogen-bond donors (Lipinski definition) is 1. The molecule has 1 aromatic carbocycles. The number of nitrogens with one attached hydrogen (secondary N) is 1. The fourth-order valence-corrected chi connectivity index (χ4v) is 1.81. The zero-order chi connectivity index (χ0) is 16.1. The number of amides is 1. The molecule has 0 aliphatic carbocycles. The Morgan fingerprint density at radius 3 is 2.19 bits per heavy atom. The molecule has 1 atom stereocenters. The number of halogens is 1. The molecule has 0 aromatic heterocycles. The predicted molar refractivity (Wildman–Crippen MR) is 80.0 cm³/mol. The monoisotopic (exact) mass is 313 g/mol. The molecule has 0 fully saturated rings. The highest BCUT2D eigenvalue weighted by Crippen LogP contribution is 2.23. The largest absolute Gasteiger partial charge is 0.447 e. The normalized spacial score (nSPS) is 14.0. The summed E-state index contributed by atoms with van der Waals surface area (Å²) >= 11 is 5.45. The van der Waals surface area contributed by atoms with Crippen LogP contribution in [0.1, 0.15) is 33.3 Å². The molecular weight excluding hydrogens is 294 g/mol. The maximum atomic E-state index is 12.2. The molecule has 0 heterocycles. The first-order chi connectivity index (χ1) is 9.69. The summed E-state index contributed by atoms with van der Waals surface area (Å²) in [5.41, 5.74) is -1.47. The average molecular weight is 314 g/mol. The van der Waals surface area contributed by atoms with Crippen LogP contribution in [-0.2, 0) is 19.8 Å². The molecule has 6 heteroatoms. The molecule has 0 saturated carbocycles. The van der Waals surface area contributed by atoms with Gasteiger partial charge in [-0.3, -0.25) is 0 Å². The van der Waals surface area contributed by atoms with Crippen LogP contribution in [0.15, 0.2) is 30.3 Å². The van der Waals surface area contributed by atoms with E-state index >= 15 is 0 Å². The third-order valence-electron chi connectivity index (χ3n) is 2.70. The van der Waals surface area contributed by atoms with Gasteiger partial charge in [0.05, 0.1) is 0 Å². The summed E-state index contributed by atoms with van der Waals surface area (Å²) in [6, 6.07) is 8.47. The molecule has 116 valence electrons. The predicted octanol–water partition coefficient (Wildman–Crippen LogP) is 3.17. The number of alkyl halides is 1. The summed E-state index contributed by atoms with van der Waals surface area (Å²) < 4.78 is 10.0. The van der Waals surface area contributed by atoms with E-state index in [1.807, 2.05) is 6.07 Å². The molecule has 1 rings (SSSR count). The summed E-state index contributed by atoms with van der Waals surface area (Å²) in [5, 5.41) is 2.56. The average Bonchev–Trinajstić information content (AvgIpc) is 2.37. The van der Waals surface area contributed by atoms with Crippen molar-refractivity contribution in [3.05, 3.63) is 35.9 Å². The van der Waals surface area contributed by atoms with Gasteiger partial charge in [-0.2, -0.15) is 0 Å². The minimum atomic E-state index is -1.38. The van der Waals surface area contributed by atoms with E-state index in [1.165, 1.54) is 0 Å². The molecule has 0 radical (unpaired) electrons. The third kappa shape index (κ3) is 4.93. The van der Waals surface area contributed by atoms with E-state index in [9.17, 15) is 9.59 Å². The molecule has 0 bridgehead atoms. The lowest BCUT2D eigenvalue weighted by Gasteiger charge is -2.30. The summed E-state index contributed by atoms with van der Waals surface area (Å²) in [6.45, 7) is 6.76. The Morgan fingerprint density at radius 2 is 1.71 bits per heavy atom. The Balaban J connectivity index is 3.04. The Morgan fingerprint density at radius 1 is 1.14 bits per heavy atom. The highest BCUT2D eigenvalue weighted by Gasteiger charge is 2.39. The molecule has 1 amide bonds. The van der Waals surface area contributed by atoms with Gasteiger partial charge in [-0.05, 0) is 33.3 Å². The Hall–Kier alpha value is -1.75. The van der Waals surface area contributed by atoms with E-state index in [0.29, 0.717) is 5.56 Å². The highest BCUT2D eigenvalue weighted by atomic mass is 35.5. The van der Waals surface area contributed by atoms with Crippen molar-refractivity contribution < 1.29 is 19.1 Å². The number of alkyl carbamates (subject to hydrolysis) is 1. The zero-order valence-corrected chi connectivity index (χ0v) is 13.4. The van der Waals surface area contributed by atoms with Crippen LogP contribution >= 0.6 is 11.6 Å². The van der Waals surface area contributed by atoms with E-state index in [2.05, 4.69) is 5.32 Å². The first-order valence-electron chi connectivity index (χ1n) is 6.49. The summed E-state index contributed by atoms with van der Waals surface area (Å²) in [4.78, 5) is 24.2. The fraction of sp³-hybridized carbons (Fsp3) is 0.467. The van der Waals surface area contributed by atoms with Gasteiger partial charge in [-0.25, -0.2) is 9.59 Å². The number of esters is 1. The van der Waals surface area contributed by atoms with Gasteiger partial charge >= 0.3 is 12.1 Å². The molecular formula is C15H20ClNO4. The zero-order valence-electron chi connectivity index (χ0n) is 12.6. The minimum absolute atomic E-state index is 0.294. The van der Waals surface area contributed by atoms with Crippen LogP contribution in [0.4, 0.5) is 4.79 Å². The van der Waals surface area contributed by atoms with E-state index in [1.54, 1.807) is 52.0 Å². The van der Waals surface area contributed by atoms with Gasteiger partial charge in [0, 0.05) is 0 Å². The van der Waals surface area contributed by atoms with Crippen molar-refractivity contribution in [2.24, 2.45) is 0 Å². The van der Waals surface area contributed by atoms with Gasteiger partial charge in [0.15, 0.2) is 11.6 Å². The SMILES string of the molecule is CC(C)(C)OC(=O)NC(C)(C(=O)OCCl)c1ccccc1. The van der Waals surface area contributed by atoms with Crippen molar-refractivity contribution in [2.45, 2.75) is 38.8 Å². The van der Waals surface area contributed by atoms with Gasteiger partial charge < -0.3 is 14.8 Å². The van der Waals surface area contributed by atoms with E-state index in [4.69, 9.17) is 21.1 Å². The third-order valence-corrected chi connectivity index (χ3v) is 2.81. The second kappa shape index (κ2) is 6.80. The van der Waals surface area contributed by atoms with Crippen LogP contribution in [0, 0.1) is 0 Å². The van der Waals surface area contributed by atoms with Crippen LogP contribution < -0.4 is 5.32 Å². The molecule has 0 saturated heterocycles. The molecule has 0 aliphatic heterocycles. The molecule has 1 aromatic rings. The van der Waals surface area contributed by atoms with Crippen molar-refractivity contribution >= 4 is 23.7 Å². The van der Waals surface area contributed by atoms with Crippen LogP contribution in [0.3, 0.4) is 0 Å². The standard InChI is InChI=1S/C15H20ClNO4/c1-14(2,3)21-13(19)17-15(4,12(18)20-10-16)11-8-6-5-7-9-11/h5-9H,10H2,1-4H3,(H,17,19). The van der Waals surface area contributed by atoms with Gasteiger partial charge in [0.25, 0.3) is 0 Å². The number of ether oxygens (including phenoxy) is 2. The molecule has 5 nitrogen and oxygen atoms in total. The second-order valence-electron chi connectivity index (χ2n) is 5.66. The highest BCUT2D eigenvalue weighted by molar-refractivity contribution is 6.17. The number of carbonyl (C=O) groups excluding carboxylic acids is 2. The topological polar surface area (TPSA) is 64.6 Å². The Kier molecular flexibility index (Phi) is 5.61. The van der Waals surface area contributed by atoms with Crippen LogP contribution in [0.5, 0.6) is 0 Å². The smallest absolute Gasteiger partial charge is 0.408 e. The first-order valence-corrected chi connectivity index (χ1v) is 7.02. The quantitative estimate of drug-likeness (QED) is 0.685. The summed E-state index contributed by atoms with van der Waals surface area (Å²) in [5.74, 6) is -0.658. The van der Waals surface area contributed by atoms with Crippen molar-refractivity contribution in [3.63, 3.8) is 0 Å². The van der Waals surface area contributed by atoms with Gasteiger partial charge in [-0.1, -0.05) is 41.9 Å². The molecule has 1 unspecified atom stereocenters. The minimum Gasteiger partial charge on any atom is -0.447 e. The van der Waals surface area contributed by atoms with Gasteiger partial charge in [0.2, 0.25) is 0 Å². The maximum Gasteiger partial charge on any atom is 0.408 e. The number of hydrogen-bond acceptors (Lipinski definition) is 4. The van der Waals surface area contributed by atoms with Crippen LogP contribution in [0.25, 0.3) is 0 Å². The van der Waals surface area contributed by atoms with Crippen LogP contribution in [-0.4, -0.2) is 23.7 Å². The lowest BCUT2D eigenvalue weighted by Crippen LogP contribution is -2.51. The second-order valence-corrected chi connectivity index (χ2v) is 5.88. The first kappa shape index (κ1) is 17.3. The molecule has 21 heavy (non-hydrogen) atoms. The van der Waals surface area contributed by atoms with Gasteiger partial charge in [0.1, 0.15) is 5.60 Å². The van der Waals surface area contributed by atoms with Crippen molar-refractivity contribution in [2.75, 3.05) is 6.07 Å². The lowest BCUT2D eigenvalue weighted by molar-refractivity contribution is -0.149. The molecule has 0 aliphatic rings. The van der Waals surface area contributed by atoms with Gasteiger partial charge in [-0.15, -0.1) is 0 Å². The van der Waals surface area contributed by atoms with Crippen LogP contribution in [0.2, 0.25) is 0 Å². The van der Waals surface area contributed by atoms with E-state index in [0.717, 1.165) is 0 Å².